The van der Waals surface area contributed by atoms with Crippen LogP contribution in [0.1, 0.15) is 65.4 Å². The lowest BCUT2D eigenvalue weighted by atomic mass is 9.86. The molecule has 0 aliphatic rings. The number of unbranched alkanes of at least 4 members (excludes halogenated alkanes) is 1. The number of hydrogen-bond acceptors (Lipinski definition) is 3. The van der Waals surface area contributed by atoms with Crippen molar-refractivity contribution >= 4 is 11.9 Å². The van der Waals surface area contributed by atoms with Crippen LogP contribution in [0.4, 0.5) is 0 Å². The average Bonchev–Trinajstić information content (AvgIpc) is 2.88. The lowest BCUT2D eigenvalue weighted by molar-refractivity contribution is -0.161. The zero-order chi connectivity index (χ0) is 26.8. The van der Waals surface area contributed by atoms with E-state index in [-0.39, 0.29) is 11.9 Å². The number of ether oxygens (including phenoxy) is 1. The van der Waals surface area contributed by atoms with Gasteiger partial charge in [-0.2, -0.15) is 0 Å². The van der Waals surface area contributed by atoms with Crippen LogP contribution in [-0.2, 0) is 20.7 Å². The molecule has 0 bridgehead atoms. The quantitative estimate of drug-likeness (QED) is 0.255. The Morgan fingerprint density at radius 3 is 1.76 bits per heavy atom. The van der Waals surface area contributed by atoms with Crippen molar-refractivity contribution in [3.8, 4) is 22.3 Å². The highest BCUT2D eigenvalue weighted by Crippen LogP contribution is 2.28. The van der Waals surface area contributed by atoms with Crippen molar-refractivity contribution in [1.29, 1.82) is 0 Å². The third kappa shape index (κ3) is 8.89. The van der Waals surface area contributed by atoms with E-state index >= 15 is 0 Å². The van der Waals surface area contributed by atoms with Crippen molar-refractivity contribution in [2.45, 2.75) is 71.8 Å². The van der Waals surface area contributed by atoms with Gasteiger partial charge >= 0.3 is 11.9 Å². The van der Waals surface area contributed by atoms with E-state index < -0.39 is 17.5 Å². The first-order chi connectivity index (χ1) is 17.7. The number of esters is 1. The van der Waals surface area contributed by atoms with E-state index in [4.69, 9.17) is 4.74 Å². The number of carboxylic acid groups (broad SMARTS) is 1. The molecule has 0 unspecified atom stereocenters. The number of carbonyl (C=O) groups is 2. The highest BCUT2D eigenvalue weighted by atomic mass is 16.6. The van der Waals surface area contributed by atoms with E-state index in [0.29, 0.717) is 25.7 Å². The molecule has 37 heavy (non-hydrogen) atoms. The molecule has 0 amide bonds. The standard InChI is InChI=1S/C33H40O4/c1-5-6-10-30(32(36)37-33(2,3)4)23-29(31(34)35)18-15-24-13-16-26(17-14-24)28-21-19-27(20-22-28)25-11-8-7-9-12-25/h7-9,11-14,16-17,19-22,29-30H,5-6,10,15,18,23H2,1-4H3,(H,34,35)/t29-,30+/m1/s1. The molecule has 0 fully saturated rings. The maximum absolute atomic E-state index is 12.8. The third-order valence-electron chi connectivity index (χ3n) is 6.63. The van der Waals surface area contributed by atoms with Crippen molar-refractivity contribution in [2.75, 3.05) is 0 Å². The largest absolute Gasteiger partial charge is 0.481 e. The Bertz CT molecular complexity index is 1130. The maximum atomic E-state index is 12.8. The Morgan fingerprint density at radius 2 is 1.27 bits per heavy atom. The van der Waals surface area contributed by atoms with Crippen LogP contribution in [0.5, 0.6) is 0 Å². The fraction of sp³-hybridized carbons (Fsp3) is 0.394. The zero-order valence-electron chi connectivity index (χ0n) is 22.6. The average molecular weight is 501 g/mol. The zero-order valence-corrected chi connectivity index (χ0v) is 22.6. The third-order valence-corrected chi connectivity index (χ3v) is 6.63. The van der Waals surface area contributed by atoms with Gasteiger partial charge in [0.1, 0.15) is 5.60 Å². The monoisotopic (exact) mass is 500 g/mol. The second-order valence-electron chi connectivity index (χ2n) is 10.8. The Kier molecular flexibility index (Phi) is 10.1. The van der Waals surface area contributed by atoms with Crippen LogP contribution < -0.4 is 0 Å². The molecule has 0 radical (unpaired) electrons. The second-order valence-corrected chi connectivity index (χ2v) is 10.8. The summed E-state index contributed by atoms with van der Waals surface area (Å²) in [6.07, 6.45) is 3.95. The minimum absolute atomic E-state index is 0.283. The van der Waals surface area contributed by atoms with Crippen molar-refractivity contribution in [3.05, 3.63) is 84.4 Å². The molecule has 196 valence electrons. The van der Waals surface area contributed by atoms with Gasteiger partial charge in [-0.25, -0.2) is 0 Å². The van der Waals surface area contributed by atoms with E-state index in [0.717, 1.165) is 29.5 Å². The molecule has 0 aliphatic heterocycles. The number of carboxylic acids is 1. The molecular formula is C33H40O4. The van der Waals surface area contributed by atoms with E-state index in [2.05, 4.69) is 67.6 Å². The summed E-state index contributed by atoms with van der Waals surface area (Å²) < 4.78 is 5.60. The first-order valence-electron chi connectivity index (χ1n) is 13.4. The van der Waals surface area contributed by atoms with Gasteiger partial charge in [0, 0.05) is 0 Å². The predicted molar refractivity (Wildman–Crippen MR) is 150 cm³/mol. The van der Waals surface area contributed by atoms with Crippen LogP contribution in [0.15, 0.2) is 78.9 Å². The molecule has 4 nitrogen and oxygen atoms in total. The van der Waals surface area contributed by atoms with E-state index in [1.54, 1.807) is 0 Å². The van der Waals surface area contributed by atoms with Crippen molar-refractivity contribution < 1.29 is 19.4 Å². The van der Waals surface area contributed by atoms with Gasteiger partial charge in [0.2, 0.25) is 0 Å². The molecule has 1 N–H and O–H groups in total. The van der Waals surface area contributed by atoms with Gasteiger partial charge in [0.15, 0.2) is 0 Å². The van der Waals surface area contributed by atoms with Gasteiger partial charge in [-0.1, -0.05) is 98.6 Å². The Morgan fingerprint density at radius 1 is 0.757 bits per heavy atom. The SMILES string of the molecule is CCCC[C@@H](C[C@@H](CCc1ccc(-c2ccc(-c3ccccc3)cc2)cc1)C(=O)O)C(=O)OC(C)(C)C. The van der Waals surface area contributed by atoms with Crippen LogP contribution in [-0.4, -0.2) is 22.6 Å². The number of rotatable bonds is 12. The molecular weight excluding hydrogens is 460 g/mol. The first kappa shape index (κ1) is 28.2. The normalized spacial score (nSPS) is 13.1. The van der Waals surface area contributed by atoms with Crippen molar-refractivity contribution in [1.82, 2.24) is 0 Å². The summed E-state index contributed by atoms with van der Waals surface area (Å²) >= 11 is 0. The minimum atomic E-state index is -0.847. The molecule has 3 aromatic carbocycles. The van der Waals surface area contributed by atoms with E-state index in [1.165, 1.54) is 11.1 Å². The van der Waals surface area contributed by atoms with Crippen LogP contribution >= 0.6 is 0 Å². The summed E-state index contributed by atoms with van der Waals surface area (Å²) in [6, 6.07) is 27.2. The van der Waals surface area contributed by atoms with Crippen molar-refractivity contribution in [3.63, 3.8) is 0 Å². The summed E-state index contributed by atoms with van der Waals surface area (Å²) in [6.45, 7) is 7.61. The van der Waals surface area contributed by atoms with Crippen molar-refractivity contribution in [2.24, 2.45) is 11.8 Å². The lowest BCUT2D eigenvalue weighted by Gasteiger charge is -2.25. The molecule has 3 rings (SSSR count). The van der Waals surface area contributed by atoms with E-state index in [9.17, 15) is 14.7 Å². The predicted octanol–water partition coefficient (Wildman–Crippen LogP) is 8.19. The van der Waals surface area contributed by atoms with Crippen LogP contribution in [0.25, 0.3) is 22.3 Å². The molecule has 0 saturated carbocycles. The number of benzene rings is 3. The highest BCUT2D eigenvalue weighted by molar-refractivity contribution is 5.75. The summed E-state index contributed by atoms with van der Waals surface area (Å²) in [7, 11) is 0. The Balaban J connectivity index is 1.62. The molecule has 0 heterocycles. The van der Waals surface area contributed by atoms with Gasteiger partial charge in [-0.3, -0.25) is 9.59 Å². The Hall–Kier alpha value is -3.40. The van der Waals surface area contributed by atoms with Crippen LogP contribution in [0.2, 0.25) is 0 Å². The van der Waals surface area contributed by atoms with Gasteiger partial charge in [0.05, 0.1) is 11.8 Å². The molecule has 0 spiro atoms. The van der Waals surface area contributed by atoms with Gasteiger partial charge in [-0.15, -0.1) is 0 Å². The molecule has 4 heteroatoms. The van der Waals surface area contributed by atoms with E-state index in [1.807, 2.05) is 39.0 Å². The fourth-order valence-corrected chi connectivity index (χ4v) is 4.54. The molecule has 0 saturated heterocycles. The fourth-order valence-electron chi connectivity index (χ4n) is 4.54. The summed E-state index contributed by atoms with van der Waals surface area (Å²) in [5.41, 5.74) is 5.17. The van der Waals surface area contributed by atoms with Gasteiger partial charge in [-0.05, 0) is 74.3 Å². The van der Waals surface area contributed by atoms with Gasteiger partial charge in [0.25, 0.3) is 0 Å². The number of aryl methyl sites for hydroxylation is 1. The molecule has 3 aromatic rings. The van der Waals surface area contributed by atoms with Gasteiger partial charge < -0.3 is 9.84 Å². The minimum Gasteiger partial charge on any atom is -0.481 e. The maximum Gasteiger partial charge on any atom is 0.309 e. The Labute approximate surface area is 221 Å². The number of aliphatic carboxylic acids is 1. The highest BCUT2D eigenvalue weighted by Gasteiger charge is 2.30. The summed E-state index contributed by atoms with van der Waals surface area (Å²) in [5, 5.41) is 9.89. The number of carbonyl (C=O) groups excluding carboxylic acids is 1. The molecule has 2 atom stereocenters. The summed E-state index contributed by atoms with van der Waals surface area (Å²) in [5.74, 6) is -2.10. The smallest absolute Gasteiger partial charge is 0.309 e. The first-order valence-corrected chi connectivity index (χ1v) is 13.4. The van der Waals surface area contributed by atoms with Crippen LogP contribution in [0.3, 0.4) is 0 Å². The van der Waals surface area contributed by atoms with Crippen LogP contribution in [0, 0.1) is 11.8 Å². The topological polar surface area (TPSA) is 63.6 Å². The number of hydrogen-bond donors (Lipinski definition) is 1. The molecule has 0 aromatic heterocycles. The second kappa shape index (κ2) is 13.2. The molecule has 0 aliphatic carbocycles. The summed E-state index contributed by atoms with van der Waals surface area (Å²) in [4.78, 5) is 24.8. The lowest BCUT2D eigenvalue weighted by Crippen LogP contribution is -2.31.